The molecule has 0 spiro atoms. The maximum absolute atomic E-state index is 11.3. The van der Waals surface area contributed by atoms with Crippen molar-refractivity contribution in [3.63, 3.8) is 0 Å². The van der Waals surface area contributed by atoms with E-state index >= 15 is 0 Å². The molecule has 4 nitrogen and oxygen atoms in total. The Hall–Kier alpha value is -1.10. The molecule has 1 atom stereocenters. The van der Waals surface area contributed by atoms with E-state index in [2.05, 4.69) is 5.32 Å². The smallest absolute Gasteiger partial charge is 0.319 e. The van der Waals surface area contributed by atoms with Crippen LogP contribution in [0.15, 0.2) is 30.3 Å². The van der Waals surface area contributed by atoms with Crippen LogP contribution in [0.5, 0.6) is 0 Å². The van der Waals surface area contributed by atoms with Crippen LogP contribution in [0.2, 0.25) is 0 Å². The van der Waals surface area contributed by atoms with Crippen LogP contribution >= 0.6 is 11.6 Å². The summed E-state index contributed by atoms with van der Waals surface area (Å²) in [5.41, 5.74) is 1.02. The predicted octanol–water partition coefficient (Wildman–Crippen LogP) is 1.75. The lowest BCUT2D eigenvalue weighted by Gasteiger charge is -2.25. The highest BCUT2D eigenvalue weighted by atomic mass is 35.5. The fourth-order valence-electron chi connectivity index (χ4n) is 1.63. The lowest BCUT2D eigenvalue weighted by molar-refractivity contribution is -0.00503. The molecule has 0 saturated carbocycles. The van der Waals surface area contributed by atoms with Gasteiger partial charge in [0.1, 0.15) is 0 Å². The van der Waals surface area contributed by atoms with E-state index in [9.17, 15) is 4.79 Å². The summed E-state index contributed by atoms with van der Waals surface area (Å²) >= 11 is 5.54. The highest BCUT2D eigenvalue weighted by Crippen LogP contribution is 2.12. The van der Waals surface area contributed by atoms with E-state index in [1.807, 2.05) is 30.3 Å². The summed E-state index contributed by atoms with van der Waals surface area (Å²) in [6.07, 6.45) is -0.412. The maximum atomic E-state index is 11.3. The van der Waals surface area contributed by atoms with E-state index in [4.69, 9.17) is 16.3 Å². The largest absolute Gasteiger partial charge is 0.344 e. The minimum atomic E-state index is -0.511. The molecule has 1 aliphatic rings. The Morgan fingerprint density at radius 3 is 2.81 bits per heavy atom. The number of amides is 1. The molecule has 5 heteroatoms. The summed E-state index contributed by atoms with van der Waals surface area (Å²) in [6.45, 7) is 1.78. The molecule has 1 aromatic rings. The summed E-state index contributed by atoms with van der Waals surface area (Å²) < 4.78 is 5.36. The Kier molecular flexibility index (Phi) is 3.77. The summed E-state index contributed by atoms with van der Waals surface area (Å²) in [7, 11) is 0. The van der Waals surface area contributed by atoms with Gasteiger partial charge in [-0.1, -0.05) is 30.3 Å². The number of hydrogen-bond donors (Lipinski definition) is 1. The van der Waals surface area contributed by atoms with Crippen molar-refractivity contribution >= 4 is 17.0 Å². The van der Waals surface area contributed by atoms with Crippen molar-refractivity contribution in [2.24, 2.45) is 0 Å². The minimum Gasteiger partial charge on any atom is -0.344 e. The molecule has 0 radical (unpaired) electrons. The topological polar surface area (TPSA) is 41.6 Å². The lowest BCUT2D eigenvalue weighted by Crippen LogP contribution is -2.43. The van der Waals surface area contributed by atoms with E-state index in [1.54, 1.807) is 0 Å². The summed E-state index contributed by atoms with van der Waals surface area (Å²) in [5.74, 6) is 0. The molecular formula is C11H13ClN2O2. The number of carbonyl (C=O) groups excluding carboxylic acids is 1. The number of rotatable bonds is 3. The summed E-state index contributed by atoms with van der Waals surface area (Å²) in [5, 5.41) is 2.55. The van der Waals surface area contributed by atoms with Crippen molar-refractivity contribution in [3.8, 4) is 0 Å². The molecule has 16 heavy (non-hydrogen) atoms. The first-order valence-electron chi connectivity index (χ1n) is 5.12. The van der Waals surface area contributed by atoms with Gasteiger partial charge in [-0.25, -0.2) is 0 Å². The fourth-order valence-corrected chi connectivity index (χ4v) is 1.78. The van der Waals surface area contributed by atoms with Crippen molar-refractivity contribution in [2.75, 3.05) is 13.2 Å². The van der Waals surface area contributed by atoms with E-state index in [0.29, 0.717) is 13.2 Å². The lowest BCUT2D eigenvalue weighted by atomic mass is 10.2. The number of hydrogen-bond acceptors (Lipinski definition) is 3. The second-order valence-corrected chi connectivity index (χ2v) is 3.87. The van der Waals surface area contributed by atoms with E-state index < -0.39 is 11.7 Å². The fraction of sp³-hybridized carbons (Fsp3) is 0.364. The number of halogens is 1. The number of nitrogens with one attached hydrogen (secondary N) is 1. The number of carbonyl (C=O) groups is 1. The molecule has 1 aliphatic heterocycles. The zero-order valence-electron chi connectivity index (χ0n) is 8.73. The normalized spacial score (nSPS) is 19.7. The Labute approximate surface area is 99.1 Å². The molecule has 86 valence electrons. The molecule has 1 amide bonds. The first kappa shape index (κ1) is 11.4. The standard InChI is InChI=1S/C11H13ClN2O2/c12-10(15)14(11-13-6-7-16-11)8-9-4-2-1-3-5-9/h1-5,11,13H,6-8H2. The summed E-state index contributed by atoms with van der Waals surface area (Å²) in [6, 6.07) is 9.68. The highest BCUT2D eigenvalue weighted by molar-refractivity contribution is 6.62. The predicted molar refractivity (Wildman–Crippen MR) is 61.0 cm³/mol. The Balaban J connectivity index is 2.05. The average Bonchev–Trinajstić information content (AvgIpc) is 2.80. The van der Waals surface area contributed by atoms with Gasteiger partial charge in [0, 0.05) is 6.54 Å². The van der Waals surface area contributed by atoms with Crippen LogP contribution in [0.25, 0.3) is 0 Å². The molecule has 1 unspecified atom stereocenters. The van der Waals surface area contributed by atoms with Gasteiger partial charge in [-0.3, -0.25) is 15.0 Å². The third kappa shape index (κ3) is 2.72. The van der Waals surface area contributed by atoms with Crippen LogP contribution < -0.4 is 5.32 Å². The van der Waals surface area contributed by atoms with Gasteiger partial charge in [0.25, 0.3) is 0 Å². The van der Waals surface area contributed by atoms with E-state index in [-0.39, 0.29) is 0 Å². The molecule has 1 heterocycles. The Morgan fingerprint density at radius 2 is 2.25 bits per heavy atom. The first-order valence-corrected chi connectivity index (χ1v) is 5.50. The molecule has 0 aliphatic carbocycles. The molecular weight excluding hydrogens is 228 g/mol. The number of ether oxygens (including phenoxy) is 1. The average molecular weight is 241 g/mol. The molecule has 1 saturated heterocycles. The first-order chi connectivity index (χ1) is 7.77. The van der Waals surface area contributed by atoms with Gasteiger partial charge in [0.15, 0.2) is 6.35 Å². The highest BCUT2D eigenvalue weighted by Gasteiger charge is 2.25. The van der Waals surface area contributed by atoms with Crippen LogP contribution in [0.4, 0.5) is 4.79 Å². The molecule has 0 bridgehead atoms. The third-order valence-electron chi connectivity index (χ3n) is 2.40. The maximum Gasteiger partial charge on any atom is 0.319 e. The van der Waals surface area contributed by atoms with Crippen molar-refractivity contribution in [1.29, 1.82) is 0 Å². The minimum absolute atomic E-state index is 0.412. The third-order valence-corrected chi connectivity index (χ3v) is 2.62. The van der Waals surface area contributed by atoms with Crippen molar-refractivity contribution in [3.05, 3.63) is 35.9 Å². The van der Waals surface area contributed by atoms with Gasteiger partial charge in [-0.05, 0) is 17.2 Å². The van der Waals surface area contributed by atoms with Crippen LogP contribution in [0.3, 0.4) is 0 Å². The van der Waals surface area contributed by atoms with Gasteiger partial charge in [-0.2, -0.15) is 0 Å². The van der Waals surface area contributed by atoms with Gasteiger partial charge in [-0.15, -0.1) is 0 Å². The Morgan fingerprint density at radius 1 is 1.50 bits per heavy atom. The Bertz CT molecular complexity index is 352. The molecule has 2 rings (SSSR count). The molecule has 1 aromatic carbocycles. The second-order valence-electron chi connectivity index (χ2n) is 3.54. The molecule has 1 N–H and O–H groups in total. The second kappa shape index (κ2) is 5.30. The monoisotopic (exact) mass is 240 g/mol. The van der Waals surface area contributed by atoms with Crippen molar-refractivity contribution in [1.82, 2.24) is 10.2 Å². The zero-order valence-corrected chi connectivity index (χ0v) is 9.48. The molecule has 1 fully saturated rings. The van der Waals surface area contributed by atoms with Crippen LogP contribution in [-0.2, 0) is 11.3 Å². The SMILES string of the molecule is O=C(Cl)N(Cc1ccccc1)C1NCCO1. The van der Waals surface area contributed by atoms with E-state index in [1.165, 1.54) is 4.90 Å². The molecule has 0 aromatic heterocycles. The number of nitrogens with zero attached hydrogens (tertiary/aromatic N) is 1. The van der Waals surface area contributed by atoms with Gasteiger partial charge in [0.2, 0.25) is 0 Å². The van der Waals surface area contributed by atoms with E-state index in [0.717, 1.165) is 12.1 Å². The van der Waals surface area contributed by atoms with Crippen LogP contribution in [0.1, 0.15) is 5.56 Å². The zero-order chi connectivity index (χ0) is 11.4. The van der Waals surface area contributed by atoms with Crippen LogP contribution in [0, 0.1) is 0 Å². The van der Waals surface area contributed by atoms with Crippen LogP contribution in [-0.4, -0.2) is 29.8 Å². The number of benzene rings is 1. The summed E-state index contributed by atoms with van der Waals surface area (Å²) in [4.78, 5) is 12.8. The van der Waals surface area contributed by atoms with Gasteiger partial charge >= 0.3 is 5.37 Å². The van der Waals surface area contributed by atoms with Gasteiger partial charge < -0.3 is 4.74 Å². The van der Waals surface area contributed by atoms with Crippen molar-refractivity contribution in [2.45, 2.75) is 12.9 Å². The van der Waals surface area contributed by atoms with Crippen molar-refractivity contribution < 1.29 is 9.53 Å². The van der Waals surface area contributed by atoms with Gasteiger partial charge in [0.05, 0.1) is 13.2 Å². The quantitative estimate of drug-likeness (QED) is 0.647.